The molecule has 1 nitrogen and oxygen atoms in total. The quantitative estimate of drug-likeness (QED) is 0.815. The summed E-state index contributed by atoms with van der Waals surface area (Å²) in [5.41, 5.74) is 10.6. The van der Waals surface area contributed by atoms with E-state index in [1.54, 1.807) is 11.8 Å². The van der Waals surface area contributed by atoms with Crippen LogP contribution < -0.4 is 10.4 Å². The second-order valence-electron chi connectivity index (χ2n) is 4.86. The topological polar surface area (TPSA) is 23.8 Å². The van der Waals surface area contributed by atoms with Gasteiger partial charge in [0.25, 0.3) is 0 Å². The molecule has 96 valence electrons. The van der Waals surface area contributed by atoms with E-state index in [1.165, 1.54) is 15.7 Å². The monoisotopic (exact) mass is 266 g/mol. The molecule has 0 bridgehead atoms. The van der Waals surface area contributed by atoms with E-state index in [-0.39, 0.29) is 5.25 Å². The molecule has 0 amide bonds. The maximum atomic E-state index is 8.43. The highest BCUT2D eigenvalue weighted by Gasteiger charge is 2.15. The summed E-state index contributed by atoms with van der Waals surface area (Å²) in [4.78, 5) is 1.24. The zero-order valence-electron chi connectivity index (χ0n) is 10.9. The van der Waals surface area contributed by atoms with Gasteiger partial charge < -0.3 is 5.73 Å². The second-order valence-corrected chi connectivity index (χ2v) is 6.14. The normalized spacial score (nSPS) is 18.3. The fourth-order valence-electron chi connectivity index (χ4n) is 2.52. The fraction of sp³-hybridized carbons (Fsp3) is 0.176. The Kier molecular flexibility index (Phi) is 3.34. The minimum Gasteiger partial charge on any atom is -0.701 e. The summed E-state index contributed by atoms with van der Waals surface area (Å²) >= 11 is 1.79. The molecule has 1 aliphatic carbocycles. The number of hydrogen-bond donors (Lipinski definition) is 0. The first-order chi connectivity index (χ1) is 9.25. The van der Waals surface area contributed by atoms with Gasteiger partial charge in [-0.2, -0.15) is 0 Å². The van der Waals surface area contributed by atoms with Gasteiger partial charge in [-0.25, -0.2) is 0 Å². The second kappa shape index (κ2) is 5.14. The highest BCUT2D eigenvalue weighted by Crippen LogP contribution is 2.33. The lowest BCUT2D eigenvalue weighted by molar-refractivity contribution is 1.06. The summed E-state index contributed by atoms with van der Waals surface area (Å²) < 4.78 is 0. The fourth-order valence-corrected chi connectivity index (χ4v) is 3.74. The van der Waals surface area contributed by atoms with Crippen molar-refractivity contribution in [3.05, 3.63) is 70.8 Å². The van der Waals surface area contributed by atoms with Gasteiger partial charge in [-0.15, -0.1) is 17.5 Å². The first-order valence-electron chi connectivity index (χ1n) is 6.48. The molecular formula is C17H16NS-. The molecule has 0 aromatic heterocycles. The van der Waals surface area contributed by atoms with Crippen molar-refractivity contribution in [3.63, 3.8) is 0 Å². The van der Waals surface area contributed by atoms with Gasteiger partial charge in [-0.05, 0) is 35.9 Å². The minimum absolute atomic E-state index is 0.234. The van der Waals surface area contributed by atoms with E-state index >= 15 is 0 Å². The Balaban J connectivity index is 2.02. The van der Waals surface area contributed by atoms with Crippen molar-refractivity contribution in [2.45, 2.75) is 23.5 Å². The van der Waals surface area contributed by atoms with Gasteiger partial charge in [0.05, 0.1) is 0 Å². The van der Waals surface area contributed by atoms with Crippen LogP contribution in [-0.2, 0) is 0 Å². The van der Waals surface area contributed by atoms with Crippen molar-refractivity contribution >= 4 is 23.0 Å². The van der Waals surface area contributed by atoms with Gasteiger partial charge >= 0.3 is 0 Å². The van der Waals surface area contributed by atoms with Gasteiger partial charge in [0.15, 0.2) is 0 Å². The molecule has 0 spiro atoms. The van der Waals surface area contributed by atoms with Crippen molar-refractivity contribution in [1.82, 2.24) is 0 Å². The average Bonchev–Trinajstić information content (AvgIpc) is 2.46. The van der Waals surface area contributed by atoms with Gasteiger partial charge in [0, 0.05) is 10.1 Å². The Bertz CT molecular complexity index is 704. The van der Waals surface area contributed by atoms with Crippen LogP contribution in [0.2, 0.25) is 0 Å². The molecule has 2 aromatic rings. The molecule has 1 atom stereocenters. The molecule has 0 heterocycles. The molecule has 0 aliphatic heterocycles. The summed E-state index contributed by atoms with van der Waals surface area (Å²) in [7, 11) is 0. The third-order valence-electron chi connectivity index (χ3n) is 3.51. The molecule has 1 unspecified atom stereocenters. The van der Waals surface area contributed by atoms with Crippen LogP contribution in [0.4, 0.5) is 0 Å². The first-order valence-corrected chi connectivity index (χ1v) is 7.36. The molecule has 1 N–H and O–H groups in total. The molecule has 3 rings (SSSR count). The van der Waals surface area contributed by atoms with Gasteiger partial charge in [0.1, 0.15) is 0 Å². The van der Waals surface area contributed by atoms with Crippen LogP contribution in [0.1, 0.15) is 13.3 Å². The van der Waals surface area contributed by atoms with Crippen LogP contribution in [0.5, 0.6) is 0 Å². The molecule has 0 saturated heterocycles. The van der Waals surface area contributed by atoms with Crippen LogP contribution in [-0.4, -0.2) is 5.25 Å². The highest BCUT2D eigenvalue weighted by molar-refractivity contribution is 8.00. The number of hydrogen-bond acceptors (Lipinski definition) is 1. The number of nitrogens with one attached hydrogen (secondary N) is 1. The zero-order chi connectivity index (χ0) is 13.2. The summed E-state index contributed by atoms with van der Waals surface area (Å²) in [6, 6.07) is 18.7. The summed E-state index contributed by atoms with van der Waals surface area (Å²) in [5.74, 6) is 0. The smallest absolute Gasteiger partial charge is 0.0181 e. The van der Waals surface area contributed by atoms with Crippen LogP contribution in [0, 0.1) is 0 Å². The maximum Gasteiger partial charge on any atom is 0.0181 e. The van der Waals surface area contributed by atoms with Crippen LogP contribution in [0.15, 0.2) is 59.5 Å². The van der Waals surface area contributed by atoms with E-state index in [9.17, 15) is 0 Å². The van der Waals surface area contributed by atoms with E-state index in [0.29, 0.717) is 0 Å². The van der Waals surface area contributed by atoms with Crippen LogP contribution in [0.3, 0.4) is 0 Å². The number of fused-ring (bicyclic) bond motifs is 1. The predicted molar refractivity (Wildman–Crippen MR) is 83.2 cm³/mol. The molecule has 1 aliphatic rings. The van der Waals surface area contributed by atoms with Gasteiger partial charge in [-0.1, -0.05) is 48.0 Å². The van der Waals surface area contributed by atoms with Gasteiger partial charge in [0.2, 0.25) is 0 Å². The first kappa shape index (κ1) is 12.4. The molecule has 0 radical (unpaired) electrons. The van der Waals surface area contributed by atoms with Crippen molar-refractivity contribution in [2.24, 2.45) is 0 Å². The average molecular weight is 266 g/mol. The molecule has 2 heteroatoms. The Morgan fingerprint density at radius 3 is 2.32 bits per heavy atom. The van der Waals surface area contributed by atoms with E-state index in [4.69, 9.17) is 5.73 Å². The van der Waals surface area contributed by atoms with Crippen LogP contribution in [0.25, 0.3) is 17.0 Å². The molecule has 19 heavy (non-hydrogen) atoms. The summed E-state index contributed by atoms with van der Waals surface area (Å²) in [6.07, 6.45) is 0.968. The van der Waals surface area contributed by atoms with E-state index in [2.05, 4.69) is 49.4 Å². The molecule has 2 aromatic carbocycles. The number of benzene rings is 2. The van der Waals surface area contributed by atoms with E-state index in [1.807, 2.05) is 12.1 Å². The Hall–Kier alpha value is -1.67. The van der Waals surface area contributed by atoms with Crippen molar-refractivity contribution in [2.75, 3.05) is 0 Å². The zero-order valence-corrected chi connectivity index (χ0v) is 11.7. The Morgan fingerprint density at radius 2 is 1.58 bits per heavy atom. The predicted octanol–water partition coefficient (Wildman–Crippen LogP) is 3.58. The van der Waals surface area contributed by atoms with E-state index in [0.717, 1.165) is 17.3 Å². The lowest BCUT2D eigenvalue weighted by atomic mass is 9.98. The van der Waals surface area contributed by atoms with Crippen molar-refractivity contribution in [1.29, 1.82) is 0 Å². The van der Waals surface area contributed by atoms with E-state index < -0.39 is 0 Å². The highest BCUT2D eigenvalue weighted by atomic mass is 32.2. The standard InChI is InChI=1S/C17H16NS/c1-12-11-16(19-13-7-3-2-4-8-13)17(18)15-10-6-5-9-14(12)15/h2-10,16,18H,11H2,1H3/q-1. The molecule has 0 fully saturated rings. The maximum absolute atomic E-state index is 8.43. The lowest BCUT2D eigenvalue weighted by Gasteiger charge is -2.27. The number of rotatable bonds is 2. The largest absolute Gasteiger partial charge is 0.701 e. The van der Waals surface area contributed by atoms with Crippen molar-refractivity contribution < 1.29 is 0 Å². The van der Waals surface area contributed by atoms with Crippen molar-refractivity contribution in [3.8, 4) is 0 Å². The Labute approximate surface area is 117 Å². The third-order valence-corrected chi connectivity index (χ3v) is 4.74. The molecular weight excluding hydrogens is 250 g/mol. The SMILES string of the molecule is CC1=c2ccccc2=C([NH-])C(Sc2ccccc2)C1. The molecule has 0 saturated carbocycles. The third kappa shape index (κ3) is 2.41. The lowest BCUT2D eigenvalue weighted by Crippen LogP contribution is -2.34. The summed E-state index contributed by atoms with van der Waals surface area (Å²) in [6.45, 7) is 2.18. The summed E-state index contributed by atoms with van der Waals surface area (Å²) in [5, 5.41) is 2.58. The number of thioether (sulfide) groups is 1. The van der Waals surface area contributed by atoms with Crippen LogP contribution >= 0.6 is 11.8 Å². The Morgan fingerprint density at radius 1 is 0.947 bits per heavy atom. The van der Waals surface area contributed by atoms with Gasteiger partial charge in [-0.3, -0.25) is 0 Å². The minimum atomic E-state index is 0.234.